The van der Waals surface area contributed by atoms with Crippen molar-refractivity contribution in [3.8, 4) is 0 Å². The number of fused-ring (bicyclic) bond motifs is 1. The summed E-state index contributed by atoms with van der Waals surface area (Å²) in [5.41, 5.74) is 2.39. The van der Waals surface area contributed by atoms with E-state index >= 15 is 0 Å². The Hall–Kier alpha value is -2.31. The zero-order valence-corrected chi connectivity index (χ0v) is 17.7. The monoisotopic (exact) mass is 416 g/mol. The van der Waals surface area contributed by atoms with Crippen LogP contribution in [0.25, 0.3) is 0 Å². The van der Waals surface area contributed by atoms with Crippen LogP contribution >= 0.6 is 11.6 Å². The molecular weight excluding hydrogens is 392 g/mol. The van der Waals surface area contributed by atoms with Crippen molar-refractivity contribution in [2.24, 2.45) is 5.41 Å². The van der Waals surface area contributed by atoms with E-state index in [4.69, 9.17) is 20.8 Å². The smallest absolute Gasteiger partial charge is 0.291 e. The van der Waals surface area contributed by atoms with E-state index in [2.05, 4.69) is 10.2 Å². The van der Waals surface area contributed by atoms with E-state index in [1.165, 1.54) is 0 Å². The number of nitrogens with zero attached hydrogens (tertiary/aromatic N) is 1. The number of para-hydroxylation sites is 1. The molecule has 2 aliphatic rings. The standard InChI is InChI=1S/C22H25ClN2O4/c1-13-18-16(26)11-22(2,3)12-17(18)29-20(13)21(27)24-15-6-4-5-14(23)19(15)25-7-9-28-10-8-25/h4-6H,7-12H2,1-3H3,(H,24,27). The maximum Gasteiger partial charge on any atom is 0.291 e. The Bertz CT molecular complexity index is 973. The number of carbonyl (C=O) groups is 2. The minimum Gasteiger partial charge on any atom is -0.455 e. The molecule has 1 N–H and O–H groups in total. The second-order valence-electron chi connectivity index (χ2n) is 8.48. The van der Waals surface area contributed by atoms with Crippen LogP contribution in [0.2, 0.25) is 5.02 Å². The number of benzene rings is 1. The fraction of sp³-hybridized carbons (Fsp3) is 0.455. The van der Waals surface area contributed by atoms with Crippen LogP contribution in [0.5, 0.6) is 0 Å². The van der Waals surface area contributed by atoms with Crippen LogP contribution in [-0.4, -0.2) is 38.0 Å². The Morgan fingerprint density at radius 2 is 1.93 bits per heavy atom. The summed E-state index contributed by atoms with van der Waals surface area (Å²) in [6, 6.07) is 5.43. The maximum atomic E-state index is 13.1. The van der Waals surface area contributed by atoms with E-state index in [-0.39, 0.29) is 22.9 Å². The number of amides is 1. The average molecular weight is 417 g/mol. The lowest BCUT2D eigenvalue weighted by atomic mass is 9.76. The molecule has 6 nitrogen and oxygen atoms in total. The summed E-state index contributed by atoms with van der Waals surface area (Å²) >= 11 is 6.45. The normalized spacial score (nSPS) is 18.5. The van der Waals surface area contributed by atoms with Gasteiger partial charge in [-0.3, -0.25) is 9.59 Å². The number of ether oxygens (including phenoxy) is 1. The van der Waals surface area contributed by atoms with Crippen molar-refractivity contribution in [2.75, 3.05) is 36.5 Å². The van der Waals surface area contributed by atoms with Gasteiger partial charge in [-0.25, -0.2) is 0 Å². The molecule has 154 valence electrons. The molecule has 1 amide bonds. The second-order valence-corrected chi connectivity index (χ2v) is 8.89. The molecule has 0 atom stereocenters. The van der Waals surface area contributed by atoms with Gasteiger partial charge in [0, 0.05) is 31.5 Å². The van der Waals surface area contributed by atoms with Crippen molar-refractivity contribution in [1.82, 2.24) is 0 Å². The minimum atomic E-state index is -0.376. The van der Waals surface area contributed by atoms with Crippen molar-refractivity contribution in [3.05, 3.63) is 45.9 Å². The molecule has 1 aromatic carbocycles. The van der Waals surface area contributed by atoms with E-state index in [1.807, 2.05) is 19.9 Å². The number of morpholine rings is 1. The molecule has 1 fully saturated rings. The van der Waals surface area contributed by atoms with Crippen LogP contribution in [0.1, 0.15) is 52.5 Å². The maximum absolute atomic E-state index is 13.1. The largest absolute Gasteiger partial charge is 0.455 e. The third-order valence-electron chi connectivity index (χ3n) is 5.55. The zero-order valence-electron chi connectivity index (χ0n) is 16.9. The van der Waals surface area contributed by atoms with Gasteiger partial charge in [0.2, 0.25) is 0 Å². The number of furan rings is 1. The van der Waals surface area contributed by atoms with Gasteiger partial charge in [0.25, 0.3) is 5.91 Å². The molecule has 0 spiro atoms. The lowest BCUT2D eigenvalue weighted by Gasteiger charge is -2.31. The van der Waals surface area contributed by atoms with Gasteiger partial charge in [0.15, 0.2) is 11.5 Å². The van der Waals surface area contributed by atoms with Crippen LogP contribution in [0.3, 0.4) is 0 Å². The van der Waals surface area contributed by atoms with Gasteiger partial charge in [0.05, 0.1) is 35.2 Å². The van der Waals surface area contributed by atoms with Crippen molar-refractivity contribution >= 4 is 34.7 Å². The molecule has 29 heavy (non-hydrogen) atoms. The first-order valence-corrected chi connectivity index (χ1v) is 10.2. The molecule has 1 aromatic heterocycles. The fourth-order valence-corrected chi connectivity index (χ4v) is 4.50. The van der Waals surface area contributed by atoms with Gasteiger partial charge in [-0.05, 0) is 24.5 Å². The van der Waals surface area contributed by atoms with Gasteiger partial charge in [0.1, 0.15) is 5.76 Å². The average Bonchev–Trinajstić information content (AvgIpc) is 2.98. The quantitative estimate of drug-likeness (QED) is 0.798. The summed E-state index contributed by atoms with van der Waals surface area (Å²) < 4.78 is 11.3. The lowest BCUT2D eigenvalue weighted by molar-refractivity contribution is 0.0898. The molecule has 1 saturated heterocycles. The minimum absolute atomic E-state index is 0.0355. The Balaban J connectivity index is 1.65. The van der Waals surface area contributed by atoms with Crippen molar-refractivity contribution < 1.29 is 18.7 Å². The third-order valence-corrected chi connectivity index (χ3v) is 5.85. The Morgan fingerprint density at radius 3 is 2.66 bits per heavy atom. The van der Waals surface area contributed by atoms with Gasteiger partial charge < -0.3 is 19.4 Å². The van der Waals surface area contributed by atoms with Crippen molar-refractivity contribution in [1.29, 1.82) is 0 Å². The molecular formula is C22H25ClN2O4. The SMILES string of the molecule is Cc1c(C(=O)Nc2cccc(Cl)c2N2CCOCC2)oc2c1C(=O)CC(C)(C)C2. The van der Waals surface area contributed by atoms with Crippen LogP contribution in [0, 0.1) is 12.3 Å². The Labute approximate surface area is 175 Å². The second kappa shape index (κ2) is 7.50. The Morgan fingerprint density at radius 1 is 1.21 bits per heavy atom. The van der Waals surface area contributed by atoms with Crippen LogP contribution < -0.4 is 10.2 Å². The molecule has 0 radical (unpaired) electrons. The number of Topliss-reactive ketones (excluding diaryl/α,β-unsaturated/α-hetero) is 1. The summed E-state index contributed by atoms with van der Waals surface area (Å²) in [6.07, 6.45) is 1.09. The number of rotatable bonds is 3. The summed E-state index contributed by atoms with van der Waals surface area (Å²) in [6.45, 7) is 8.46. The third kappa shape index (κ3) is 3.79. The summed E-state index contributed by atoms with van der Waals surface area (Å²) in [5.74, 6) is 0.454. The number of ketones is 1. The number of nitrogens with one attached hydrogen (secondary N) is 1. The highest BCUT2D eigenvalue weighted by atomic mass is 35.5. The molecule has 1 aliphatic carbocycles. The number of hydrogen-bond donors (Lipinski definition) is 1. The van der Waals surface area contributed by atoms with E-state index in [0.717, 1.165) is 5.69 Å². The summed E-state index contributed by atoms with van der Waals surface area (Å²) in [4.78, 5) is 27.8. The van der Waals surface area contributed by atoms with Crippen LogP contribution in [-0.2, 0) is 11.2 Å². The van der Waals surface area contributed by atoms with Crippen molar-refractivity contribution in [2.45, 2.75) is 33.6 Å². The molecule has 1 aliphatic heterocycles. The summed E-state index contributed by atoms with van der Waals surface area (Å²) in [5, 5.41) is 3.51. The van der Waals surface area contributed by atoms with E-state index < -0.39 is 0 Å². The summed E-state index contributed by atoms with van der Waals surface area (Å²) in [7, 11) is 0. The van der Waals surface area contributed by atoms with Crippen LogP contribution in [0.4, 0.5) is 11.4 Å². The molecule has 4 rings (SSSR count). The van der Waals surface area contributed by atoms with E-state index in [1.54, 1.807) is 19.1 Å². The predicted octanol–water partition coefficient (Wildman–Crippen LogP) is 4.49. The van der Waals surface area contributed by atoms with Gasteiger partial charge in [-0.15, -0.1) is 0 Å². The van der Waals surface area contributed by atoms with Gasteiger partial charge in [-0.2, -0.15) is 0 Å². The van der Waals surface area contributed by atoms with Gasteiger partial charge in [-0.1, -0.05) is 31.5 Å². The highest BCUT2D eigenvalue weighted by Crippen LogP contribution is 2.39. The molecule has 7 heteroatoms. The molecule has 2 aromatic rings. The molecule has 0 bridgehead atoms. The Kier molecular flexibility index (Phi) is 5.17. The van der Waals surface area contributed by atoms with Crippen LogP contribution in [0.15, 0.2) is 22.6 Å². The number of halogens is 1. The van der Waals surface area contributed by atoms with E-state index in [9.17, 15) is 9.59 Å². The zero-order chi connectivity index (χ0) is 20.8. The van der Waals surface area contributed by atoms with Crippen molar-refractivity contribution in [3.63, 3.8) is 0 Å². The first-order valence-electron chi connectivity index (χ1n) is 9.85. The number of anilines is 2. The highest BCUT2D eigenvalue weighted by Gasteiger charge is 2.37. The molecule has 0 saturated carbocycles. The van der Waals surface area contributed by atoms with E-state index in [0.29, 0.717) is 66.7 Å². The first-order chi connectivity index (χ1) is 13.8. The topological polar surface area (TPSA) is 71.8 Å². The predicted molar refractivity (Wildman–Crippen MR) is 112 cm³/mol. The highest BCUT2D eigenvalue weighted by molar-refractivity contribution is 6.34. The van der Waals surface area contributed by atoms with Gasteiger partial charge >= 0.3 is 0 Å². The first kappa shape index (κ1) is 20.0. The fourth-order valence-electron chi connectivity index (χ4n) is 4.20. The molecule has 2 heterocycles. The number of hydrogen-bond acceptors (Lipinski definition) is 5. The molecule has 0 unspecified atom stereocenters. The lowest BCUT2D eigenvalue weighted by Crippen LogP contribution is -2.37. The number of carbonyl (C=O) groups excluding carboxylic acids is 2.